The van der Waals surface area contributed by atoms with Gasteiger partial charge in [0.05, 0.1) is 11.8 Å². The third-order valence-electron chi connectivity index (χ3n) is 1.98. The van der Waals surface area contributed by atoms with Crippen molar-refractivity contribution in [1.29, 1.82) is 5.26 Å². The van der Waals surface area contributed by atoms with E-state index in [9.17, 15) is 8.42 Å². The monoisotopic (exact) mass is 293 g/mol. The number of thiazole rings is 1. The van der Waals surface area contributed by atoms with Gasteiger partial charge in [0.2, 0.25) is 0 Å². The molecule has 0 bridgehead atoms. The van der Waals surface area contributed by atoms with Crippen molar-refractivity contribution in [2.75, 3.05) is 6.54 Å². The number of nitriles is 1. The van der Waals surface area contributed by atoms with E-state index in [1.165, 1.54) is 0 Å². The molecule has 0 aliphatic rings. The Morgan fingerprint density at radius 2 is 2.24 bits per heavy atom. The van der Waals surface area contributed by atoms with Crippen LogP contribution in [-0.4, -0.2) is 19.9 Å². The SMILES string of the molecule is Cc1nc(Cl)sc1S(=O)(=O)NCCCCC#N. The van der Waals surface area contributed by atoms with E-state index in [4.69, 9.17) is 16.9 Å². The van der Waals surface area contributed by atoms with E-state index in [1.807, 2.05) is 6.07 Å². The van der Waals surface area contributed by atoms with Crippen LogP contribution in [0.2, 0.25) is 4.47 Å². The van der Waals surface area contributed by atoms with Gasteiger partial charge in [-0.25, -0.2) is 18.1 Å². The third kappa shape index (κ3) is 4.24. The molecule has 94 valence electrons. The lowest BCUT2D eigenvalue weighted by atomic mass is 10.2. The number of aryl methyl sites for hydroxylation is 1. The second-order valence-electron chi connectivity index (χ2n) is 3.35. The third-order valence-corrected chi connectivity index (χ3v) is 5.31. The number of sulfonamides is 1. The minimum Gasteiger partial charge on any atom is -0.229 e. The molecule has 1 N–H and O–H groups in total. The molecule has 5 nitrogen and oxygen atoms in total. The van der Waals surface area contributed by atoms with Crippen LogP contribution in [0.3, 0.4) is 0 Å². The molecule has 1 rings (SSSR count). The smallest absolute Gasteiger partial charge is 0.229 e. The van der Waals surface area contributed by atoms with Crippen LogP contribution < -0.4 is 4.72 Å². The van der Waals surface area contributed by atoms with Gasteiger partial charge in [0.15, 0.2) is 8.68 Å². The molecule has 1 heterocycles. The summed E-state index contributed by atoms with van der Waals surface area (Å²) in [6.45, 7) is 1.92. The van der Waals surface area contributed by atoms with Gasteiger partial charge in [-0.1, -0.05) is 22.9 Å². The van der Waals surface area contributed by atoms with Gasteiger partial charge in [-0.2, -0.15) is 5.26 Å². The lowest BCUT2D eigenvalue weighted by Gasteiger charge is -2.03. The summed E-state index contributed by atoms with van der Waals surface area (Å²) in [5.74, 6) is 0. The largest absolute Gasteiger partial charge is 0.251 e. The predicted molar refractivity (Wildman–Crippen MR) is 66.5 cm³/mol. The summed E-state index contributed by atoms with van der Waals surface area (Å²) >= 11 is 6.59. The highest BCUT2D eigenvalue weighted by Crippen LogP contribution is 2.26. The Morgan fingerprint density at radius 3 is 2.76 bits per heavy atom. The molecular formula is C9H12ClN3O2S2. The fourth-order valence-corrected chi connectivity index (χ4v) is 4.06. The lowest BCUT2D eigenvalue weighted by Crippen LogP contribution is -2.24. The van der Waals surface area contributed by atoms with E-state index in [1.54, 1.807) is 6.92 Å². The number of hydrogen-bond acceptors (Lipinski definition) is 5. The van der Waals surface area contributed by atoms with Crippen molar-refractivity contribution in [3.05, 3.63) is 10.2 Å². The molecule has 0 spiro atoms. The van der Waals surface area contributed by atoms with Gasteiger partial charge >= 0.3 is 0 Å². The molecule has 17 heavy (non-hydrogen) atoms. The van der Waals surface area contributed by atoms with E-state index >= 15 is 0 Å². The van der Waals surface area contributed by atoms with Crippen molar-refractivity contribution in [2.24, 2.45) is 0 Å². The molecule has 0 aliphatic carbocycles. The highest BCUT2D eigenvalue weighted by atomic mass is 35.5. The van der Waals surface area contributed by atoms with Gasteiger partial charge in [0.25, 0.3) is 10.0 Å². The van der Waals surface area contributed by atoms with Crippen LogP contribution in [0.1, 0.15) is 25.0 Å². The Morgan fingerprint density at radius 1 is 1.53 bits per heavy atom. The summed E-state index contributed by atoms with van der Waals surface area (Å²) in [7, 11) is -3.52. The molecule has 1 aromatic rings. The lowest BCUT2D eigenvalue weighted by molar-refractivity contribution is 0.578. The van der Waals surface area contributed by atoms with Gasteiger partial charge in [-0.3, -0.25) is 0 Å². The Balaban J connectivity index is 2.58. The normalized spacial score (nSPS) is 11.4. The van der Waals surface area contributed by atoms with Crippen molar-refractivity contribution in [3.8, 4) is 6.07 Å². The number of unbranched alkanes of at least 4 members (excludes halogenated alkanes) is 2. The molecule has 8 heteroatoms. The first-order valence-electron chi connectivity index (χ1n) is 4.97. The van der Waals surface area contributed by atoms with Gasteiger partial charge in [0, 0.05) is 13.0 Å². The van der Waals surface area contributed by atoms with E-state index in [0.29, 0.717) is 31.5 Å². The summed E-state index contributed by atoms with van der Waals surface area (Å²) in [6, 6.07) is 2.01. The standard InChI is InChI=1S/C9H12ClN3O2S2/c1-7-8(16-9(10)13-7)17(14,15)12-6-4-2-3-5-11/h12H,2-4,6H2,1H3. The van der Waals surface area contributed by atoms with Crippen LogP contribution >= 0.6 is 22.9 Å². The minimum absolute atomic E-state index is 0.155. The van der Waals surface area contributed by atoms with Gasteiger partial charge < -0.3 is 0 Å². The number of aromatic nitrogens is 1. The van der Waals surface area contributed by atoms with E-state index in [2.05, 4.69) is 9.71 Å². The van der Waals surface area contributed by atoms with Crippen LogP contribution in [0.5, 0.6) is 0 Å². The average molecular weight is 294 g/mol. The molecule has 0 aromatic carbocycles. The fourth-order valence-electron chi connectivity index (χ4n) is 1.20. The number of nitrogens with one attached hydrogen (secondary N) is 1. The summed E-state index contributed by atoms with van der Waals surface area (Å²) in [4.78, 5) is 3.86. The number of hydrogen-bond donors (Lipinski definition) is 1. The summed E-state index contributed by atoms with van der Waals surface area (Å²) in [6.07, 6.45) is 1.76. The maximum absolute atomic E-state index is 11.8. The molecule has 0 amide bonds. The van der Waals surface area contributed by atoms with E-state index in [0.717, 1.165) is 11.3 Å². The summed E-state index contributed by atoms with van der Waals surface area (Å²) in [5.41, 5.74) is 0.407. The highest BCUT2D eigenvalue weighted by Gasteiger charge is 2.20. The number of nitrogens with zero attached hydrogens (tertiary/aromatic N) is 2. The second-order valence-corrected chi connectivity index (χ2v) is 6.90. The Bertz CT molecular complexity index is 519. The maximum Gasteiger partial charge on any atom is 0.251 e. The zero-order chi connectivity index (χ0) is 12.9. The Kier molecular flexibility index (Phi) is 5.33. The highest BCUT2D eigenvalue weighted by molar-refractivity contribution is 7.91. The molecule has 0 aliphatic heterocycles. The summed E-state index contributed by atoms with van der Waals surface area (Å²) in [5, 5.41) is 8.33. The zero-order valence-corrected chi connectivity index (χ0v) is 11.6. The first-order valence-corrected chi connectivity index (χ1v) is 7.64. The molecule has 0 atom stereocenters. The molecule has 0 radical (unpaired) electrons. The van der Waals surface area contributed by atoms with Crippen LogP contribution in [0.15, 0.2) is 4.21 Å². The maximum atomic E-state index is 11.8. The van der Waals surface area contributed by atoms with Gasteiger partial charge in [-0.15, -0.1) is 0 Å². The van der Waals surface area contributed by atoms with Crippen LogP contribution in [0.25, 0.3) is 0 Å². The number of halogens is 1. The quantitative estimate of drug-likeness (QED) is 0.814. The zero-order valence-electron chi connectivity index (χ0n) is 9.23. The molecule has 0 saturated carbocycles. The predicted octanol–water partition coefficient (Wildman–Crippen LogP) is 2.08. The molecular weight excluding hydrogens is 282 g/mol. The fraction of sp³-hybridized carbons (Fsp3) is 0.556. The van der Waals surface area contributed by atoms with Crippen LogP contribution in [0, 0.1) is 18.3 Å². The van der Waals surface area contributed by atoms with Crippen molar-refractivity contribution < 1.29 is 8.42 Å². The Labute approximate surface area is 109 Å². The summed E-state index contributed by atoms with van der Waals surface area (Å²) < 4.78 is 26.5. The first-order chi connectivity index (χ1) is 7.97. The van der Waals surface area contributed by atoms with Gasteiger partial charge in [-0.05, 0) is 19.8 Å². The van der Waals surface area contributed by atoms with Crippen molar-refractivity contribution in [3.63, 3.8) is 0 Å². The first kappa shape index (κ1) is 14.4. The van der Waals surface area contributed by atoms with E-state index in [-0.39, 0.29) is 8.68 Å². The molecule has 0 saturated heterocycles. The minimum atomic E-state index is -3.52. The van der Waals surface area contributed by atoms with Crippen molar-refractivity contribution in [1.82, 2.24) is 9.71 Å². The molecule has 0 fully saturated rings. The van der Waals surface area contributed by atoms with E-state index < -0.39 is 10.0 Å². The average Bonchev–Trinajstić information content (AvgIpc) is 2.58. The Hall–Kier alpha value is -0.680. The van der Waals surface area contributed by atoms with Crippen LogP contribution in [-0.2, 0) is 10.0 Å². The van der Waals surface area contributed by atoms with Crippen molar-refractivity contribution >= 4 is 33.0 Å². The topological polar surface area (TPSA) is 82.8 Å². The van der Waals surface area contributed by atoms with Crippen molar-refractivity contribution in [2.45, 2.75) is 30.4 Å². The molecule has 1 aromatic heterocycles. The second kappa shape index (κ2) is 6.31. The van der Waals surface area contributed by atoms with Crippen LogP contribution in [0.4, 0.5) is 0 Å². The van der Waals surface area contributed by atoms with Gasteiger partial charge in [0.1, 0.15) is 0 Å². The molecule has 0 unspecified atom stereocenters. The number of rotatable bonds is 6.